The largest absolute Gasteiger partial charge is 0.544 e. The molecule has 0 amide bonds. The summed E-state index contributed by atoms with van der Waals surface area (Å²) in [7, 11) is 0. The molecule has 1 saturated heterocycles. The summed E-state index contributed by atoms with van der Waals surface area (Å²) in [6.07, 6.45) is -0.0805. The number of quaternary nitrogens is 1. The predicted octanol–water partition coefficient (Wildman–Crippen LogP) is 0.835. The molecule has 1 N–H and O–H groups in total. The number of carboxylic acid groups (broad SMARTS) is 1. The fourth-order valence-corrected chi connectivity index (χ4v) is 3.86. The van der Waals surface area contributed by atoms with Crippen molar-refractivity contribution in [3.8, 4) is 5.75 Å². The zero-order valence-corrected chi connectivity index (χ0v) is 17.2. The average Bonchev–Trinajstić information content (AvgIpc) is 2.72. The van der Waals surface area contributed by atoms with Crippen molar-refractivity contribution in [1.29, 1.82) is 0 Å². The zero-order chi connectivity index (χ0) is 20.8. The number of carbonyl (C=O) groups excluding carboxylic acids is 2. The first-order chi connectivity index (χ1) is 14.0. The lowest BCUT2D eigenvalue weighted by Crippen LogP contribution is -3.19. The molecular weight excluding hydrogens is 392 g/mol. The van der Waals surface area contributed by atoms with Crippen LogP contribution in [0.5, 0.6) is 5.75 Å². The summed E-state index contributed by atoms with van der Waals surface area (Å²) < 4.78 is 5.38. The van der Waals surface area contributed by atoms with Gasteiger partial charge in [-0.25, -0.2) is 0 Å². The maximum absolute atomic E-state index is 12.6. The van der Waals surface area contributed by atoms with Crippen molar-refractivity contribution in [3.05, 3.63) is 59.1 Å². The van der Waals surface area contributed by atoms with Crippen LogP contribution in [-0.4, -0.2) is 50.6 Å². The quantitative estimate of drug-likeness (QED) is 0.645. The molecule has 0 aliphatic carbocycles. The second-order valence-corrected chi connectivity index (χ2v) is 7.52. The Hall–Kier alpha value is -2.57. The van der Waals surface area contributed by atoms with Gasteiger partial charge in [-0.05, 0) is 49.4 Å². The number of hydrogen-bond acceptors (Lipinski definition) is 5. The number of halogens is 1. The second kappa shape index (κ2) is 9.76. The third-order valence-corrected chi connectivity index (χ3v) is 5.47. The number of aliphatic carboxylic acids is 1. The Kier molecular flexibility index (Phi) is 7.12. The van der Waals surface area contributed by atoms with E-state index in [9.17, 15) is 14.7 Å². The molecule has 29 heavy (non-hydrogen) atoms. The summed E-state index contributed by atoms with van der Waals surface area (Å²) in [5, 5.41) is 12.4. The van der Waals surface area contributed by atoms with E-state index in [1.807, 2.05) is 31.2 Å². The smallest absolute Gasteiger partial charge is 0.169 e. The highest BCUT2D eigenvalue weighted by Gasteiger charge is 2.30. The third kappa shape index (κ3) is 5.49. The summed E-state index contributed by atoms with van der Waals surface area (Å²) in [4.78, 5) is 27.4. The fraction of sp³-hybridized carbons (Fsp3) is 0.364. The number of benzene rings is 2. The number of Topliss-reactive ketones (excluding diaryl/α,β-unsaturated/α-hetero) is 1. The number of carboxylic acids is 1. The van der Waals surface area contributed by atoms with Gasteiger partial charge in [0.1, 0.15) is 11.8 Å². The van der Waals surface area contributed by atoms with Gasteiger partial charge in [0.05, 0.1) is 45.2 Å². The van der Waals surface area contributed by atoms with Gasteiger partial charge < -0.3 is 24.4 Å². The molecular formula is C22H25ClN2O4. The SMILES string of the molecule is CCOc1ccc(C(=O)C[C@@H](C(=O)[O-])[NH+]2CCN(c3cccc(Cl)c3)CC2)cc1. The lowest BCUT2D eigenvalue weighted by Gasteiger charge is -2.37. The van der Waals surface area contributed by atoms with Crippen LogP contribution in [0, 0.1) is 0 Å². The molecule has 1 fully saturated rings. The number of ketones is 1. The summed E-state index contributed by atoms with van der Waals surface area (Å²) in [5.41, 5.74) is 1.50. The fourth-order valence-electron chi connectivity index (χ4n) is 3.67. The van der Waals surface area contributed by atoms with E-state index in [-0.39, 0.29) is 12.2 Å². The molecule has 154 valence electrons. The molecule has 1 aliphatic heterocycles. The molecule has 2 aromatic rings. The van der Waals surface area contributed by atoms with E-state index in [1.54, 1.807) is 24.3 Å². The monoisotopic (exact) mass is 416 g/mol. The van der Waals surface area contributed by atoms with E-state index in [0.29, 0.717) is 49.1 Å². The Bertz CT molecular complexity index is 848. The van der Waals surface area contributed by atoms with Gasteiger partial charge in [0.15, 0.2) is 5.78 Å². The summed E-state index contributed by atoms with van der Waals surface area (Å²) >= 11 is 6.06. The van der Waals surface area contributed by atoms with Crippen LogP contribution in [0.25, 0.3) is 0 Å². The Morgan fingerprint density at radius 1 is 1.17 bits per heavy atom. The number of carbonyl (C=O) groups is 2. The number of ether oxygens (including phenoxy) is 1. The Morgan fingerprint density at radius 3 is 2.45 bits per heavy atom. The molecule has 1 aliphatic rings. The van der Waals surface area contributed by atoms with E-state index in [4.69, 9.17) is 16.3 Å². The van der Waals surface area contributed by atoms with Crippen molar-refractivity contribution < 1.29 is 24.3 Å². The van der Waals surface area contributed by atoms with Crippen molar-refractivity contribution in [2.24, 2.45) is 0 Å². The zero-order valence-electron chi connectivity index (χ0n) is 16.4. The maximum Gasteiger partial charge on any atom is 0.169 e. The number of hydrogen-bond donors (Lipinski definition) is 1. The van der Waals surface area contributed by atoms with Crippen LogP contribution in [0.15, 0.2) is 48.5 Å². The predicted molar refractivity (Wildman–Crippen MR) is 110 cm³/mol. The van der Waals surface area contributed by atoms with E-state index in [2.05, 4.69) is 4.90 Å². The van der Waals surface area contributed by atoms with Crippen LogP contribution in [0.3, 0.4) is 0 Å². The molecule has 2 aromatic carbocycles. The summed E-state index contributed by atoms with van der Waals surface area (Å²) in [5.74, 6) is -0.703. The molecule has 0 aromatic heterocycles. The van der Waals surface area contributed by atoms with Gasteiger partial charge in [0, 0.05) is 16.3 Å². The van der Waals surface area contributed by atoms with E-state index >= 15 is 0 Å². The average molecular weight is 417 g/mol. The van der Waals surface area contributed by atoms with Crippen LogP contribution in [-0.2, 0) is 4.79 Å². The number of piperazine rings is 1. The molecule has 0 radical (unpaired) electrons. The molecule has 6 nitrogen and oxygen atoms in total. The summed E-state index contributed by atoms with van der Waals surface area (Å²) in [6.45, 7) is 5.04. The third-order valence-electron chi connectivity index (χ3n) is 5.23. The highest BCUT2D eigenvalue weighted by molar-refractivity contribution is 6.30. The van der Waals surface area contributed by atoms with E-state index < -0.39 is 12.0 Å². The standard InChI is InChI=1S/C22H25ClN2O4/c1-2-29-19-8-6-16(7-9-19)21(26)15-20(22(27)28)25-12-10-24(11-13-25)18-5-3-4-17(23)14-18/h3-9,14,20H,2,10-13,15H2,1H3,(H,27,28)/t20-/m0/s1. The van der Waals surface area contributed by atoms with Crippen LogP contribution in [0.2, 0.25) is 5.02 Å². The van der Waals surface area contributed by atoms with Gasteiger partial charge >= 0.3 is 0 Å². The van der Waals surface area contributed by atoms with Gasteiger partial charge in [0.25, 0.3) is 0 Å². The first-order valence-electron chi connectivity index (χ1n) is 9.80. The molecule has 1 atom stereocenters. The van der Waals surface area contributed by atoms with Crippen molar-refractivity contribution in [2.45, 2.75) is 19.4 Å². The maximum atomic E-state index is 12.6. The molecule has 0 saturated carbocycles. The molecule has 0 spiro atoms. The van der Waals surface area contributed by atoms with Crippen molar-refractivity contribution >= 4 is 29.0 Å². The minimum Gasteiger partial charge on any atom is -0.544 e. The molecule has 1 heterocycles. The Morgan fingerprint density at radius 2 is 1.86 bits per heavy atom. The van der Waals surface area contributed by atoms with Crippen molar-refractivity contribution in [2.75, 3.05) is 37.7 Å². The number of nitrogens with one attached hydrogen (secondary N) is 1. The van der Waals surface area contributed by atoms with Crippen LogP contribution < -0.4 is 19.6 Å². The van der Waals surface area contributed by atoms with Crippen LogP contribution in [0.1, 0.15) is 23.7 Å². The second-order valence-electron chi connectivity index (χ2n) is 7.08. The number of nitrogens with zero attached hydrogens (tertiary/aromatic N) is 1. The first kappa shape index (κ1) is 21.1. The van der Waals surface area contributed by atoms with Gasteiger partial charge in [-0.3, -0.25) is 4.79 Å². The first-order valence-corrected chi connectivity index (χ1v) is 10.2. The minimum atomic E-state index is -1.18. The highest BCUT2D eigenvalue weighted by Crippen LogP contribution is 2.19. The molecule has 7 heteroatoms. The number of anilines is 1. The van der Waals surface area contributed by atoms with Crippen molar-refractivity contribution in [1.82, 2.24) is 0 Å². The summed E-state index contributed by atoms with van der Waals surface area (Å²) in [6, 6.07) is 13.5. The molecule has 0 bridgehead atoms. The van der Waals surface area contributed by atoms with Gasteiger partial charge in [-0.15, -0.1) is 0 Å². The Labute approximate surface area is 175 Å². The van der Waals surface area contributed by atoms with Gasteiger partial charge in [-0.2, -0.15) is 0 Å². The van der Waals surface area contributed by atoms with Gasteiger partial charge in [0.2, 0.25) is 0 Å². The van der Waals surface area contributed by atoms with E-state index in [0.717, 1.165) is 10.6 Å². The molecule has 3 rings (SSSR count). The topological polar surface area (TPSA) is 74.1 Å². The van der Waals surface area contributed by atoms with Crippen molar-refractivity contribution in [3.63, 3.8) is 0 Å². The lowest BCUT2D eigenvalue weighted by molar-refractivity contribution is -0.918. The number of rotatable bonds is 8. The minimum absolute atomic E-state index is 0.0805. The molecule has 0 unspecified atom stereocenters. The highest BCUT2D eigenvalue weighted by atomic mass is 35.5. The van der Waals surface area contributed by atoms with Gasteiger partial charge in [-0.1, -0.05) is 17.7 Å². The normalized spacial score (nSPS) is 15.7. The van der Waals surface area contributed by atoms with Crippen LogP contribution in [0.4, 0.5) is 5.69 Å². The van der Waals surface area contributed by atoms with Crippen LogP contribution >= 0.6 is 11.6 Å². The van der Waals surface area contributed by atoms with E-state index in [1.165, 1.54) is 0 Å². The lowest BCUT2D eigenvalue weighted by atomic mass is 10.0. The Balaban J connectivity index is 1.61.